The minimum atomic E-state index is -0.359. The number of halogens is 1. The van der Waals surface area contributed by atoms with Gasteiger partial charge in [0.05, 0.1) is 0 Å². The first-order valence-corrected chi connectivity index (χ1v) is 9.02. The molecule has 3 aromatic rings. The van der Waals surface area contributed by atoms with Gasteiger partial charge in [-0.15, -0.1) is 0 Å². The number of aryl methyl sites for hydroxylation is 2. The maximum absolute atomic E-state index is 13.3. The molecule has 1 atom stereocenters. The van der Waals surface area contributed by atoms with Crippen molar-refractivity contribution in [2.24, 2.45) is 0 Å². The molecule has 5 nitrogen and oxygen atoms in total. The second-order valence-corrected chi connectivity index (χ2v) is 6.51. The van der Waals surface area contributed by atoms with Crippen LogP contribution in [0.4, 0.5) is 4.39 Å². The van der Waals surface area contributed by atoms with Crippen LogP contribution < -0.4 is 5.32 Å². The van der Waals surface area contributed by atoms with E-state index in [1.807, 2.05) is 25.1 Å². The van der Waals surface area contributed by atoms with Gasteiger partial charge in [0.25, 0.3) is 0 Å². The van der Waals surface area contributed by atoms with Gasteiger partial charge >= 0.3 is 0 Å². The molecule has 0 aliphatic rings. The second-order valence-electron chi connectivity index (χ2n) is 6.51. The maximum Gasteiger partial charge on any atom is 0.227 e. The van der Waals surface area contributed by atoms with Crippen molar-refractivity contribution in [2.75, 3.05) is 0 Å². The Morgan fingerprint density at radius 2 is 1.96 bits per heavy atom. The summed E-state index contributed by atoms with van der Waals surface area (Å²) in [5.74, 6) is 0.270. The molecule has 0 radical (unpaired) electrons. The number of carbonyl (C=O) groups excluding carboxylic acids is 1. The van der Waals surface area contributed by atoms with Crippen molar-refractivity contribution in [1.82, 2.24) is 15.5 Å². The molecule has 1 unspecified atom stereocenters. The SMILES string of the molecule is CC(CCc1ccccc1)NC(=O)CCc1nc(-c2cccc(F)c2)no1. The first-order valence-electron chi connectivity index (χ1n) is 9.02. The predicted octanol–water partition coefficient (Wildman–Crippen LogP) is 3.95. The average Bonchev–Trinajstić information content (AvgIpc) is 3.15. The molecule has 1 amide bonds. The van der Waals surface area contributed by atoms with E-state index in [2.05, 4.69) is 27.6 Å². The maximum atomic E-state index is 13.3. The van der Waals surface area contributed by atoms with E-state index in [9.17, 15) is 9.18 Å². The summed E-state index contributed by atoms with van der Waals surface area (Å²) >= 11 is 0. The number of hydrogen-bond acceptors (Lipinski definition) is 4. The number of hydrogen-bond donors (Lipinski definition) is 1. The fourth-order valence-corrected chi connectivity index (χ4v) is 2.77. The molecule has 0 spiro atoms. The van der Waals surface area contributed by atoms with Crippen LogP contribution in [0.25, 0.3) is 11.4 Å². The minimum absolute atomic E-state index is 0.0546. The van der Waals surface area contributed by atoms with Crippen LogP contribution >= 0.6 is 0 Å². The molecule has 27 heavy (non-hydrogen) atoms. The lowest BCUT2D eigenvalue weighted by atomic mass is 10.1. The number of carbonyl (C=O) groups is 1. The highest BCUT2D eigenvalue weighted by molar-refractivity contribution is 5.76. The number of rotatable bonds is 8. The molecular formula is C21H22FN3O2. The van der Waals surface area contributed by atoms with Gasteiger partial charge in [0.2, 0.25) is 17.6 Å². The Balaban J connectivity index is 1.44. The van der Waals surface area contributed by atoms with Gasteiger partial charge in [-0.05, 0) is 37.5 Å². The zero-order chi connectivity index (χ0) is 19.1. The predicted molar refractivity (Wildman–Crippen MR) is 100 cm³/mol. The zero-order valence-electron chi connectivity index (χ0n) is 15.2. The van der Waals surface area contributed by atoms with Crippen LogP contribution in [-0.4, -0.2) is 22.1 Å². The van der Waals surface area contributed by atoms with Crippen LogP contribution in [0, 0.1) is 5.82 Å². The van der Waals surface area contributed by atoms with Gasteiger partial charge in [0.1, 0.15) is 5.82 Å². The third-order valence-electron chi connectivity index (χ3n) is 4.23. The normalized spacial score (nSPS) is 11.9. The molecule has 0 fully saturated rings. The largest absolute Gasteiger partial charge is 0.354 e. The van der Waals surface area contributed by atoms with Crippen LogP contribution in [0.1, 0.15) is 31.2 Å². The van der Waals surface area contributed by atoms with E-state index < -0.39 is 0 Å². The molecule has 0 aliphatic heterocycles. The van der Waals surface area contributed by atoms with Crippen LogP contribution in [0.15, 0.2) is 59.1 Å². The first kappa shape index (κ1) is 18.8. The summed E-state index contributed by atoms with van der Waals surface area (Å²) in [5, 5.41) is 6.83. The minimum Gasteiger partial charge on any atom is -0.354 e. The highest BCUT2D eigenvalue weighted by Crippen LogP contribution is 2.17. The fraction of sp³-hybridized carbons (Fsp3) is 0.286. The van der Waals surface area contributed by atoms with E-state index in [1.54, 1.807) is 12.1 Å². The number of nitrogens with zero attached hydrogens (tertiary/aromatic N) is 2. The lowest BCUT2D eigenvalue weighted by molar-refractivity contribution is -0.121. The smallest absolute Gasteiger partial charge is 0.227 e. The van der Waals surface area contributed by atoms with Crippen molar-refractivity contribution < 1.29 is 13.7 Å². The van der Waals surface area contributed by atoms with E-state index in [0.29, 0.717) is 23.7 Å². The Labute approximate surface area is 157 Å². The summed E-state index contributed by atoms with van der Waals surface area (Å²) in [5.41, 5.74) is 1.80. The van der Waals surface area contributed by atoms with Crippen molar-refractivity contribution in [3.63, 3.8) is 0 Å². The Morgan fingerprint density at radius 3 is 2.74 bits per heavy atom. The van der Waals surface area contributed by atoms with E-state index in [-0.39, 0.29) is 24.2 Å². The van der Waals surface area contributed by atoms with Crippen molar-refractivity contribution in [3.8, 4) is 11.4 Å². The van der Waals surface area contributed by atoms with E-state index in [0.717, 1.165) is 12.8 Å². The highest BCUT2D eigenvalue weighted by atomic mass is 19.1. The summed E-state index contributed by atoms with van der Waals surface area (Å²) in [6.07, 6.45) is 2.41. The highest BCUT2D eigenvalue weighted by Gasteiger charge is 2.12. The van der Waals surface area contributed by atoms with Gasteiger partial charge in [-0.2, -0.15) is 4.98 Å². The Kier molecular flexibility index (Phi) is 6.30. The molecule has 0 saturated heterocycles. The summed E-state index contributed by atoms with van der Waals surface area (Å²) < 4.78 is 18.4. The van der Waals surface area contributed by atoms with Gasteiger partial charge in [-0.25, -0.2) is 4.39 Å². The lowest BCUT2D eigenvalue weighted by Gasteiger charge is -2.13. The van der Waals surface area contributed by atoms with Crippen LogP contribution in [-0.2, 0) is 17.6 Å². The standard InChI is InChI=1S/C21H22FN3O2/c1-15(10-11-16-6-3-2-4-7-16)23-19(26)12-13-20-24-21(25-27-20)17-8-5-9-18(22)14-17/h2-9,14-15H,10-13H2,1H3,(H,23,26). The summed E-state index contributed by atoms with van der Waals surface area (Å²) in [6, 6.07) is 16.3. The quantitative estimate of drug-likeness (QED) is 0.655. The lowest BCUT2D eigenvalue weighted by Crippen LogP contribution is -2.33. The van der Waals surface area contributed by atoms with Crippen molar-refractivity contribution >= 4 is 5.91 Å². The molecular weight excluding hydrogens is 345 g/mol. The molecule has 1 heterocycles. The van der Waals surface area contributed by atoms with Crippen LogP contribution in [0.3, 0.4) is 0 Å². The number of aromatic nitrogens is 2. The average molecular weight is 367 g/mol. The Hall–Kier alpha value is -3.02. The number of nitrogens with one attached hydrogen (secondary N) is 1. The molecule has 140 valence electrons. The molecule has 3 rings (SSSR count). The summed E-state index contributed by atoms with van der Waals surface area (Å²) in [4.78, 5) is 16.3. The zero-order valence-corrected chi connectivity index (χ0v) is 15.2. The molecule has 0 saturated carbocycles. The van der Waals surface area contributed by atoms with E-state index in [1.165, 1.54) is 17.7 Å². The monoisotopic (exact) mass is 367 g/mol. The van der Waals surface area contributed by atoms with Crippen LogP contribution in [0.2, 0.25) is 0 Å². The van der Waals surface area contributed by atoms with Gasteiger partial charge in [0.15, 0.2) is 0 Å². The van der Waals surface area contributed by atoms with Gasteiger partial charge in [-0.1, -0.05) is 47.6 Å². The van der Waals surface area contributed by atoms with E-state index >= 15 is 0 Å². The molecule has 0 bridgehead atoms. The van der Waals surface area contributed by atoms with Gasteiger partial charge < -0.3 is 9.84 Å². The third kappa shape index (κ3) is 5.74. The molecule has 1 N–H and O–H groups in total. The fourth-order valence-electron chi connectivity index (χ4n) is 2.77. The number of amides is 1. The Bertz CT molecular complexity index is 880. The third-order valence-corrected chi connectivity index (χ3v) is 4.23. The van der Waals surface area contributed by atoms with Crippen LogP contribution in [0.5, 0.6) is 0 Å². The molecule has 6 heteroatoms. The second kappa shape index (κ2) is 9.07. The molecule has 1 aromatic heterocycles. The summed E-state index contributed by atoms with van der Waals surface area (Å²) in [7, 11) is 0. The van der Waals surface area contributed by atoms with Crippen molar-refractivity contribution in [3.05, 3.63) is 71.9 Å². The van der Waals surface area contributed by atoms with Crippen molar-refractivity contribution in [1.29, 1.82) is 0 Å². The van der Waals surface area contributed by atoms with E-state index in [4.69, 9.17) is 4.52 Å². The van der Waals surface area contributed by atoms with Gasteiger partial charge in [0, 0.05) is 24.4 Å². The summed E-state index contributed by atoms with van der Waals surface area (Å²) in [6.45, 7) is 2.00. The topological polar surface area (TPSA) is 68.0 Å². The van der Waals surface area contributed by atoms with Crippen molar-refractivity contribution in [2.45, 2.75) is 38.6 Å². The number of benzene rings is 2. The molecule has 2 aromatic carbocycles. The Morgan fingerprint density at radius 1 is 1.15 bits per heavy atom. The van der Waals surface area contributed by atoms with Gasteiger partial charge in [-0.3, -0.25) is 4.79 Å². The first-order chi connectivity index (χ1) is 13.1. The molecule has 0 aliphatic carbocycles.